The van der Waals surface area contributed by atoms with Crippen molar-refractivity contribution in [2.75, 3.05) is 6.26 Å². The fourth-order valence-corrected chi connectivity index (χ4v) is 1.76. The van der Waals surface area contributed by atoms with E-state index < -0.39 is 0 Å². The van der Waals surface area contributed by atoms with Gasteiger partial charge in [0, 0.05) is 11.3 Å². The minimum Gasteiger partial charge on any atom is -0.491 e. The normalized spacial score (nSPS) is 11.9. The zero-order valence-electron chi connectivity index (χ0n) is 10.1. The largest absolute Gasteiger partial charge is 0.491 e. The van der Waals surface area contributed by atoms with Gasteiger partial charge < -0.3 is 4.74 Å². The van der Waals surface area contributed by atoms with E-state index in [1.807, 2.05) is 37.4 Å². The lowest BCUT2D eigenvalue weighted by Crippen LogP contribution is -2.30. The number of nitrogens with one attached hydrogen (secondary N) is 1. The number of rotatable bonds is 6. The van der Waals surface area contributed by atoms with Gasteiger partial charge in [-0.2, -0.15) is 0 Å². The third kappa shape index (κ3) is 5.10. The van der Waals surface area contributed by atoms with Gasteiger partial charge in [0.1, 0.15) is 5.75 Å². The van der Waals surface area contributed by atoms with E-state index in [4.69, 9.17) is 10.6 Å². The number of amides is 1. The summed E-state index contributed by atoms with van der Waals surface area (Å²) in [6.07, 6.45) is 3.05. The molecule has 1 aromatic carbocycles. The van der Waals surface area contributed by atoms with Crippen molar-refractivity contribution < 1.29 is 9.53 Å². The molecule has 1 rings (SSSR count). The summed E-state index contributed by atoms with van der Waals surface area (Å²) in [4.78, 5) is 12.2. The van der Waals surface area contributed by atoms with E-state index in [1.165, 1.54) is 4.90 Å². The second-order valence-corrected chi connectivity index (χ2v) is 4.59. The molecule has 1 aromatic rings. The Labute approximate surface area is 106 Å². The second kappa shape index (κ2) is 7.19. The lowest BCUT2D eigenvalue weighted by atomic mass is 10.2. The molecule has 0 saturated heterocycles. The van der Waals surface area contributed by atoms with Crippen molar-refractivity contribution in [3.63, 3.8) is 0 Å². The number of carbonyl (C=O) groups is 1. The first-order chi connectivity index (χ1) is 8.15. The van der Waals surface area contributed by atoms with Crippen molar-refractivity contribution in [3.05, 3.63) is 24.3 Å². The molecular weight excluding hydrogens is 236 g/mol. The molecule has 0 aliphatic carbocycles. The molecule has 94 valence electrons. The highest BCUT2D eigenvalue weighted by Gasteiger charge is 2.07. The van der Waals surface area contributed by atoms with Crippen molar-refractivity contribution in [1.29, 1.82) is 0 Å². The average Bonchev–Trinajstić information content (AvgIpc) is 2.36. The second-order valence-electron chi connectivity index (χ2n) is 3.71. The number of carbonyl (C=O) groups excluding carboxylic acids is 1. The molecule has 0 heterocycles. The summed E-state index contributed by atoms with van der Waals surface area (Å²) in [7, 11) is 0. The van der Waals surface area contributed by atoms with Gasteiger partial charge >= 0.3 is 0 Å². The standard InChI is InChI=1S/C12H18N2O2S/c1-9(3-8-12(15)14-13)16-10-4-6-11(17-2)7-5-10/h4-7,9H,3,8,13H2,1-2H3,(H,14,15). The molecular formula is C12H18N2O2S. The van der Waals surface area contributed by atoms with Crippen LogP contribution in [0.3, 0.4) is 0 Å². The Hall–Kier alpha value is -1.20. The first-order valence-electron chi connectivity index (χ1n) is 5.46. The van der Waals surface area contributed by atoms with Crippen LogP contribution in [0.1, 0.15) is 19.8 Å². The lowest BCUT2D eigenvalue weighted by molar-refractivity contribution is -0.121. The molecule has 0 aromatic heterocycles. The summed E-state index contributed by atoms with van der Waals surface area (Å²) in [6, 6.07) is 7.90. The van der Waals surface area contributed by atoms with Gasteiger partial charge in [0.05, 0.1) is 6.10 Å². The van der Waals surface area contributed by atoms with Crippen molar-refractivity contribution in [2.45, 2.75) is 30.8 Å². The van der Waals surface area contributed by atoms with E-state index in [1.54, 1.807) is 11.8 Å². The van der Waals surface area contributed by atoms with E-state index in [2.05, 4.69) is 5.43 Å². The van der Waals surface area contributed by atoms with Crippen molar-refractivity contribution >= 4 is 17.7 Å². The maximum absolute atomic E-state index is 11.0. The predicted octanol–water partition coefficient (Wildman–Crippen LogP) is 1.95. The third-order valence-electron chi connectivity index (χ3n) is 2.34. The Balaban J connectivity index is 2.39. The summed E-state index contributed by atoms with van der Waals surface area (Å²) in [5.74, 6) is 5.65. The maximum Gasteiger partial charge on any atom is 0.234 e. The number of hydrogen-bond acceptors (Lipinski definition) is 4. The Morgan fingerprint density at radius 1 is 1.47 bits per heavy atom. The van der Waals surface area contributed by atoms with Crippen LogP contribution >= 0.6 is 11.8 Å². The predicted molar refractivity (Wildman–Crippen MR) is 69.9 cm³/mol. The SMILES string of the molecule is CSc1ccc(OC(C)CCC(=O)NN)cc1. The summed E-state index contributed by atoms with van der Waals surface area (Å²) >= 11 is 1.69. The number of thioether (sulfide) groups is 1. The molecule has 1 unspecified atom stereocenters. The molecule has 4 nitrogen and oxygen atoms in total. The molecule has 1 atom stereocenters. The highest BCUT2D eigenvalue weighted by atomic mass is 32.2. The molecule has 3 N–H and O–H groups in total. The maximum atomic E-state index is 11.0. The van der Waals surface area contributed by atoms with E-state index in [0.29, 0.717) is 12.8 Å². The van der Waals surface area contributed by atoms with Crippen LogP contribution in [0.5, 0.6) is 5.75 Å². The van der Waals surface area contributed by atoms with Crippen LogP contribution < -0.4 is 16.0 Å². The fraction of sp³-hybridized carbons (Fsp3) is 0.417. The van der Waals surface area contributed by atoms with Crippen molar-refractivity contribution in [1.82, 2.24) is 5.43 Å². The van der Waals surface area contributed by atoms with Gasteiger partial charge in [0.2, 0.25) is 5.91 Å². The average molecular weight is 254 g/mol. The monoisotopic (exact) mass is 254 g/mol. The van der Waals surface area contributed by atoms with Gasteiger partial charge in [0.15, 0.2) is 0 Å². The Kier molecular flexibility index (Phi) is 5.86. The first kappa shape index (κ1) is 13.9. The van der Waals surface area contributed by atoms with Crippen LogP contribution in [-0.4, -0.2) is 18.3 Å². The molecule has 17 heavy (non-hydrogen) atoms. The van der Waals surface area contributed by atoms with Crippen LogP contribution in [0.15, 0.2) is 29.2 Å². The van der Waals surface area contributed by atoms with Gasteiger partial charge in [-0.05, 0) is 43.9 Å². The number of hydrogen-bond donors (Lipinski definition) is 2. The molecule has 0 radical (unpaired) electrons. The smallest absolute Gasteiger partial charge is 0.234 e. The Bertz CT molecular complexity index is 354. The van der Waals surface area contributed by atoms with E-state index in [-0.39, 0.29) is 12.0 Å². The third-order valence-corrected chi connectivity index (χ3v) is 3.08. The van der Waals surface area contributed by atoms with Gasteiger partial charge in [0.25, 0.3) is 0 Å². The zero-order chi connectivity index (χ0) is 12.7. The van der Waals surface area contributed by atoms with E-state index >= 15 is 0 Å². The van der Waals surface area contributed by atoms with Crippen LogP contribution in [0.25, 0.3) is 0 Å². The Morgan fingerprint density at radius 2 is 2.12 bits per heavy atom. The summed E-state index contributed by atoms with van der Waals surface area (Å²) < 4.78 is 5.68. The van der Waals surface area contributed by atoms with Gasteiger partial charge in [-0.3, -0.25) is 10.2 Å². The van der Waals surface area contributed by atoms with Gasteiger partial charge in [-0.25, -0.2) is 5.84 Å². The highest BCUT2D eigenvalue weighted by Crippen LogP contribution is 2.20. The van der Waals surface area contributed by atoms with E-state index in [0.717, 1.165) is 5.75 Å². The minimum absolute atomic E-state index is 0.00701. The van der Waals surface area contributed by atoms with Crippen LogP contribution in [-0.2, 0) is 4.79 Å². The molecule has 0 saturated carbocycles. The number of benzene rings is 1. The fourth-order valence-electron chi connectivity index (χ4n) is 1.35. The molecule has 1 amide bonds. The molecule has 0 aliphatic rings. The van der Waals surface area contributed by atoms with E-state index in [9.17, 15) is 4.79 Å². The number of ether oxygens (including phenoxy) is 1. The molecule has 0 aliphatic heterocycles. The highest BCUT2D eigenvalue weighted by molar-refractivity contribution is 7.98. The van der Waals surface area contributed by atoms with Crippen LogP contribution in [0, 0.1) is 0 Å². The van der Waals surface area contributed by atoms with Crippen LogP contribution in [0.2, 0.25) is 0 Å². The van der Waals surface area contributed by atoms with Gasteiger partial charge in [-0.15, -0.1) is 11.8 Å². The first-order valence-corrected chi connectivity index (χ1v) is 6.68. The number of hydrazine groups is 1. The minimum atomic E-state index is -0.168. The molecule has 0 bridgehead atoms. The summed E-state index contributed by atoms with van der Waals surface area (Å²) in [5.41, 5.74) is 2.10. The topological polar surface area (TPSA) is 64.3 Å². The molecule has 0 fully saturated rings. The quantitative estimate of drug-likeness (QED) is 0.352. The van der Waals surface area contributed by atoms with Crippen molar-refractivity contribution in [2.24, 2.45) is 5.84 Å². The lowest BCUT2D eigenvalue weighted by Gasteiger charge is -2.14. The number of nitrogens with two attached hydrogens (primary N) is 1. The van der Waals surface area contributed by atoms with Crippen LogP contribution in [0.4, 0.5) is 0 Å². The zero-order valence-corrected chi connectivity index (χ0v) is 10.9. The summed E-state index contributed by atoms with van der Waals surface area (Å²) in [6.45, 7) is 1.94. The van der Waals surface area contributed by atoms with Crippen molar-refractivity contribution in [3.8, 4) is 5.75 Å². The Morgan fingerprint density at radius 3 is 2.65 bits per heavy atom. The summed E-state index contributed by atoms with van der Waals surface area (Å²) in [5, 5.41) is 0. The molecule has 5 heteroatoms. The van der Waals surface area contributed by atoms with Gasteiger partial charge in [-0.1, -0.05) is 0 Å². The molecule has 0 spiro atoms.